The molecule has 2 amide bonds. The number of hydrogen-bond acceptors (Lipinski definition) is 4. The van der Waals surface area contributed by atoms with Gasteiger partial charge in [0.2, 0.25) is 0 Å². The van der Waals surface area contributed by atoms with Crippen molar-refractivity contribution >= 4 is 17.5 Å². The number of aryl methyl sites for hydroxylation is 2. The van der Waals surface area contributed by atoms with Crippen LogP contribution in [-0.4, -0.2) is 21.8 Å². The predicted molar refractivity (Wildman–Crippen MR) is 118 cm³/mol. The quantitative estimate of drug-likeness (QED) is 0.566. The van der Waals surface area contributed by atoms with Gasteiger partial charge in [-0.1, -0.05) is 31.2 Å². The minimum atomic E-state index is -0.256. The number of Topliss-reactive ketones (excluding diaryl/α,β-unsaturated/α-hetero) is 1. The van der Waals surface area contributed by atoms with Gasteiger partial charge in [-0.15, -0.1) is 0 Å². The van der Waals surface area contributed by atoms with Crippen LogP contribution in [0.1, 0.15) is 51.9 Å². The van der Waals surface area contributed by atoms with Gasteiger partial charge in [0.1, 0.15) is 5.69 Å². The van der Waals surface area contributed by atoms with Crippen LogP contribution in [0, 0.1) is 13.8 Å². The van der Waals surface area contributed by atoms with Gasteiger partial charge >= 0.3 is 6.03 Å². The molecule has 0 atom stereocenters. The minimum absolute atomic E-state index is 0.0497. The summed E-state index contributed by atoms with van der Waals surface area (Å²) in [5.74, 6) is 0.0497. The highest BCUT2D eigenvalue weighted by molar-refractivity contribution is 5.94. The average Bonchev–Trinajstić information content (AvgIpc) is 2.72. The van der Waals surface area contributed by atoms with Crippen LogP contribution in [0.2, 0.25) is 0 Å². The van der Waals surface area contributed by atoms with Crippen LogP contribution in [0.25, 0.3) is 0 Å². The lowest BCUT2D eigenvalue weighted by molar-refractivity contribution is 0.0983. The summed E-state index contributed by atoms with van der Waals surface area (Å²) in [4.78, 5) is 32.4. The number of carbonyl (C=O) groups is 2. The fourth-order valence-corrected chi connectivity index (χ4v) is 3.19. The van der Waals surface area contributed by atoms with Crippen molar-refractivity contribution < 1.29 is 9.59 Å². The summed E-state index contributed by atoms with van der Waals surface area (Å²) in [6.45, 7) is 6.06. The third-order valence-electron chi connectivity index (χ3n) is 4.65. The molecule has 0 spiro atoms. The van der Waals surface area contributed by atoms with Crippen molar-refractivity contribution in [3.05, 3.63) is 88.5 Å². The van der Waals surface area contributed by atoms with Crippen molar-refractivity contribution in [1.29, 1.82) is 0 Å². The lowest BCUT2D eigenvalue weighted by Crippen LogP contribution is -2.28. The molecule has 6 nitrogen and oxygen atoms in total. The summed E-state index contributed by atoms with van der Waals surface area (Å²) in [5, 5.41) is 5.70. The highest BCUT2D eigenvalue weighted by Gasteiger charge is 2.07. The zero-order valence-electron chi connectivity index (χ0n) is 17.5. The number of rotatable bonds is 7. The SMILES string of the molecule is CCC(=O)c1cc(Cc2ccc(CNC(=O)Nc3cc(C)nc(C)c3)cc2)ccn1. The van der Waals surface area contributed by atoms with Gasteiger partial charge in [-0.3, -0.25) is 14.8 Å². The first kappa shape index (κ1) is 21.2. The molecule has 0 saturated carbocycles. The molecule has 0 fully saturated rings. The zero-order chi connectivity index (χ0) is 21.5. The van der Waals surface area contributed by atoms with E-state index in [2.05, 4.69) is 20.6 Å². The van der Waals surface area contributed by atoms with Gasteiger partial charge in [0, 0.05) is 36.2 Å². The molecule has 154 valence electrons. The van der Waals surface area contributed by atoms with Crippen molar-refractivity contribution in [1.82, 2.24) is 15.3 Å². The molecule has 30 heavy (non-hydrogen) atoms. The second-order valence-electron chi connectivity index (χ2n) is 7.27. The summed E-state index contributed by atoms with van der Waals surface area (Å²) in [7, 11) is 0. The second kappa shape index (κ2) is 9.78. The molecule has 3 aromatic rings. The zero-order valence-corrected chi connectivity index (χ0v) is 17.5. The van der Waals surface area contributed by atoms with Crippen molar-refractivity contribution in [2.75, 3.05) is 5.32 Å². The normalized spacial score (nSPS) is 10.5. The Hall–Kier alpha value is -3.54. The van der Waals surface area contributed by atoms with E-state index in [-0.39, 0.29) is 11.8 Å². The maximum atomic E-state index is 12.2. The number of amides is 2. The Kier molecular flexibility index (Phi) is 6.91. The van der Waals surface area contributed by atoms with E-state index in [0.717, 1.165) is 40.2 Å². The lowest BCUT2D eigenvalue weighted by atomic mass is 10.0. The van der Waals surface area contributed by atoms with Crippen molar-refractivity contribution in [2.24, 2.45) is 0 Å². The smallest absolute Gasteiger partial charge is 0.319 e. The number of ketones is 1. The Bertz CT molecular complexity index is 1030. The maximum Gasteiger partial charge on any atom is 0.319 e. The number of pyridine rings is 2. The second-order valence-corrected chi connectivity index (χ2v) is 7.27. The Labute approximate surface area is 176 Å². The molecule has 0 unspecified atom stereocenters. The lowest BCUT2D eigenvalue weighted by Gasteiger charge is -2.10. The van der Waals surface area contributed by atoms with E-state index in [4.69, 9.17) is 0 Å². The Morgan fingerprint density at radius 3 is 2.23 bits per heavy atom. The third kappa shape index (κ3) is 5.98. The Morgan fingerprint density at radius 2 is 1.57 bits per heavy atom. The van der Waals surface area contributed by atoms with Gasteiger partial charge in [-0.25, -0.2) is 4.79 Å². The molecule has 0 radical (unpaired) electrons. The first-order chi connectivity index (χ1) is 14.4. The van der Waals surface area contributed by atoms with Crippen LogP contribution >= 0.6 is 0 Å². The largest absolute Gasteiger partial charge is 0.334 e. The number of nitrogens with one attached hydrogen (secondary N) is 2. The number of nitrogens with zero attached hydrogens (tertiary/aromatic N) is 2. The molecule has 2 N–H and O–H groups in total. The third-order valence-corrected chi connectivity index (χ3v) is 4.65. The molecule has 1 aromatic carbocycles. The molecule has 0 bridgehead atoms. The van der Waals surface area contributed by atoms with Gasteiger partial charge in [-0.05, 0) is 61.2 Å². The molecule has 6 heteroatoms. The van der Waals surface area contributed by atoms with E-state index in [9.17, 15) is 9.59 Å². The predicted octanol–water partition coefficient (Wildman–Crippen LogP) is 4.60. The number of aromatic nitrogens is 2. The fraction of sp³-hybridized carbons (Fsp3) is 0.250. The fourth-order valence-electron chi connectivity index (χ4n) is 3.19. The Balaban J connectivity index is 1.54. The molecule has 2 aromatic heterocycles. The first-order valence-electron chi connectivity index (χ1n) is 9.99. The minimum Gasteiger partial charge on any atom is -0.334 e. The summed E-state index contributed by atoms with van der Waals surface area (Å²) >= 11 is 0. The van der Waals surface area contributed by atoms with E-state index in [0.29, 0.717) is 18.7 Å². The number of benzene rings is 1. The first-order valence-corrected chi connectivity index (χ1v) is 9.99. The maximum absolute atomic E-state index is 12.2. The Morgan fingerprint density at radius 1 is 0.900 bits per heavy atom. The van der Waals surface area contributed by atoms with Crippen LogP contribution in [0.15, 0.2) is 54.7 Å². The molecule has 0 aliphatic rings. The van der Waals surface area contributed by atoms with Crippen LogP contribution < -0.4 is 10.6 Å². The highest BCUT2D eigenvalue weighted by Crippen LogP contribution is 2.13. The molecule has 0 saturated heterocycles. The summed E-state index contributed by atoms with van der Waals surface area (Å²) in [5.41, 5.74) is 6.16. The van der Waals surface area contributed by atoms with Crippen LogP contribution in [0.3, 0.4) is 0 Å². The molecular weight excluding hydrogens is 376 g/mol. The number of anilines is 1. The summed E-state index contributed by atoms with van der Waals surface area (Å²) in [6, 6.07) is 15.3. The standard InChI is InChI=1S/C24H26N4O2/c1-4-23(29)22-14-20(9-10-25-22)13-18-5-7-19(8-6-18)15-26-24(30)28-21-11-16(2)27-17(3)12-21/h5-12,14H,4,13,15H2,1-3H3,(H2,26,27,28,30). The topological polar surface area (TPSA) is 84.0 Å². The van der Waals surface area contributed by atoms with E-state index >= 15 is 0 Å². The number of carbonyl (C=O) groups excluding carboxylic acids is 2. The van der Waals surface area contributed by atoms with Crippen molar-refractivity contribution in [3.8, 4) is 0 Å². The molecular formula is C24H26N4O2. The molecule has 3 rings (SSSR count). The van der Waals surface area contributed by atoms with Crippen LogP contribution in [-0.2, 0) is 13.0 Å². The van der Waals surface area contributed by atoms with Crippen molar-refractivity contribution in [3.63, 3.8) is 0 Å². The van der Waals surface area contributed by atoms with Gasteiger partial charge in [0.05, 0.1) is 0 Å². The van der Waals surface area contributed by atoms with E-state index in [1.165, 1.54) is 0 Å². The molecule has 0 aliphatic heterocycles. The van der Waals surface area contributed by atoms with E-state index in [1.54, 1.807) is 6.20 Å². The summed E-state index contributed by atoms with van der Waals surface area (Å²) < 4.78 is 0. The van der Waals surface area contributed by atoms with Crippen molar-refractivity contribution in [2.45, 2.75) is 40.2 Å². The highest BCUT2D eigenvalue weighted by atomic mass is 16.2. The molecule has 0 aliphatic carbocycles. The van der Waals surface area contributed by atoms with Gasteiger partial charge in [0.25, 0.3) is 0 Å². The summed E-state index contributed by atoms with van der Waals surface area (Å²) in [6.07, 6.45) is 2.86. The number of hydrogen-bond donors (Lipinski definition) is 2. The average molecular weight is 402 g/mol. The van der Waals surface area contributed by atoms with Gasteiger partial charge < -0.3 is 10.6 Å². The monoisotopic (exact) mass is 402 g/mol. The van der Waals surface area contributed by atoms with E-state index in [1.807, 2.05) is 69.3 Å². The van der Waals surface area contributed by atoms with Crippen LogP contribution in [0.4, 0.5) is 10.5 Å². The molecule has 2 heterocycles. The van der Waals surface area contributed by atoms with E-state index < -0.39 is 0 Å². The van der Waals surface area contributed by atoms with Gasteiger partial charge in [0.15, 0.2) is 5.78 Å². The number of urea groups is 1. The van der Waals surface area contributed by atoms with Gasteiger partial charge in [-0.2, -0.15) is 0 Å². The van der Waals surface area contributed by atoms with Crippen LogP contribution in [0.5, 0.6) is 0 Å².